The number of carboxylic acid groups (broad SMARTS) is 1. The molecule has 4 heteroatoms. The van der Waals surface area contributed by atoms with E-state index in [1.54, 1.807) is 19.1 Å². The van der Waals surface area contributed by atoms with Gasteiger partial charge < -0.3 is 10.4 Å². The van der Waals surface area contributed by atoms with Gasteiger partial charge >= 0.3 is 5.97 Å². The smallest absolute Gasteiger partial charge is 0.337 e. The molecule has 1 heterocycles. The van der Waals surface area contributed by atoms with Gasteiger partial charge in [-0.15, -0.1) is 0 Å². The van der Waals surface area contributed by atoms with Gasteiger partial charge in [0.25, 0.3) is 0 Å². The molecular weight excluding hydrogens is 228 g/mol. The van der Waals surface area contributed by atoms with Crippen LogP contribution in [0.5, 0.6) is 0 Å². The topological polar surface area (TPSA) is 62.2 Å². The second kappa shape index (κ2) is 4.96. The summed E-state index contributed by atoms with van der Waals surface area (Å²) in [5.41, 5.74) is 1.27. The van der Waals surface area contributed by atoms with Crippen molar-refractivity contribution in [3.05, 3.63) is 23.4 Å². The number of aromatic nitrogens is 1. The lowest BCUT2D eigenvalue weighted by Crippen LogP contribution is -2.36. The Morgan fingerprint density at radius 2 is 2.22 bits per heavy atom. The Morgan fingerprint density at radius 1 is 1.50 bits per heavy atom. The zero-order valence-corrected chi connectivity index (χ0v) is 11.0. The van der Waals surface area contributed by atoms with Crippen LogP contribution >= 0.6 is 0 Å². The minimum atomic E-state index is -0.921. The standard InChI is InChI=1S/C14H20N2O2/c1-3-14(7-4-8-14)9-15-12-6-5-11(13(17)18)10(2)16-12/h5-6H,3-4,7-9H2,1-2H3,(H,15,16)(H,17,18). The third-order valence-electron chi connectivity index (χ3n) is 4.12. The lowest BCUT2D eigenvalue weighted by Gasteiger charge is -2.41. The summed E-state index contributed by atoms with van der Waals surface area (Å²) in [5, 5.41) is 12.3. The molecule has 98 valence electrons. The first-order valence-electron chi connectivity index (χ1n) is 6.51. The molecule has 18 heavy (non-hydrogen) atoms. The highest BCUT2D eigenvalue weighted by molar-refractivity contribution is 5.89. The summed E-state index contributed by atoms with van der Waals surface area (Å²) in [5.74, 6) is -0.146. The normalized spacial score (nSPS) is 17.0. The molecule has 0 radical (unpaired) electrons. The summed E-state index contributed by atoms with van der Waals surface area (Å²) in [6.45, 7) is 4.89. The average Bonchev–Trinajstić information content (AvgIpc) is 2.27. The van der Waals surface area contributed by atoms with Crippen LogP contribution in [-0.4, -0.2) is 22.6 Å². The minimum absolute atomic E-state index is 0.273. The molecule has 1 aromatic rings. The summed E-state index contributed by atoms with van der Waals surface area (Å²) in [6, 6.07) is 3.37. The van der Waals surface area contributed by atoms with Gasteiger partial charge in [-0.05, 0) is 43.7 Å². The summed E-state index contributed by atoms with van der Waals surface area (Å²) in [7, 11) is 0. The highest BCUT2D eigenvalue weighted by Gasteiger charge is 2.34. The highest BCUT2D eigenvalue weighted by Crippen LogP contribution is 2.43. The molecule has 2 rings (SSSR count). The molecule has 0 bridgehead atoms. The molecule has 1 aliphatic carbocycles. The highest BCUT2D eigenvalue weighted by atomic mass is 16.4. The molecule has 1 aliphatic rings. The number of rotatable bonds is 5. The predicted molar refractivity (Wildman–Crippen MR) is 71.0 cm³/mol. The van der Waals surface area contributed by atoms with Gasteiger partial charge in [0.1, 0.15) is 5.82 Å². The number of pyridine rings is 1. The zero-order chi connectivity index (χ0) is 13.2. The van der Waals surface area contributed by atoms with Gasteiger partial charge in [0.15, 0.2) is 0 Å². The van der Waals surface area contributed by atoms with E-state index in [-0.39, 0.29) is 5.56 Å². The van der Waals surface area contributed by atoms with Gasteiger partial charge in [0, 0.05) is 6.54 Å². The van der Waals surface area contributed by atoms with Crippen molar-refractivity contribution in [1.29, 1.82) is 0 Å². The van der Waals surface area contributed by atoms with E-state index >= 15 is 0 Å². The van der Waals surface area contributed by atoms with Crippen molar-refractivity contribution in [1.82, 2.24) is 4.98 Å². The zero-order valence-electron chi connectivity index (χ0n) is 11.0. The molecule has 4 nitrogen and oxygen atoms in total. The van der Waals surface area contributed by atoms with Crippen LogP contribution in [0, 0.1) is 12.3 Å². The Labute approximate surface area is 107 Å². The monoisotopic (exact) mass is 248 g/mol. The maximum Gasteiger partial charge on any atom is 0.337 e. The van der Waals surface area contributed by atoms with Crippen LogP contribution in [0.1, 0.15) is 48.7 Å². The van der Waals surface area contributed by atoms with Crippen molar-refractivity contribution in [2.24, 2.45) is 5.41 Å². The first-order valence-corrected chi connectivity index (χ1v) is 6.51. The van der Waals surface area contributed by atoms with Crippen LogP contribution in [0.25, 0.3) is 0 Å². The fourth-order valence-corrected chi connectivity index (χ4v) is 2.50. The van der Waals surface area contributed by atoms with Crippen LogP contribution in [0.4, 0.5) is 5.82 Å². The molecule has 0 amide bonds. The van der Waals surface area contributed by atoms with Gasteiger partial charge in [-0.1, -0.05) is 13.3 Å². The Morgan fingerprint density at radius 3 is 2.67 bits per heavy atom. The summed E-state index contributed by atoms with van der Waals surface area (Å²) in [6.07, 6.45) is 5.07. The number of carbonyl (C=O) groups is 1. The fourth-order valence-electron chi connectivity index (χ4n) is 2.50. The van der Waals surface area contributed by atoms with Crippen molar-refractivity contribution in [3.63, 3.8) is 0 Å². The van der Waals surface area contributed by atoms with Crippen LogP contribution in [0.2, 0.25) is 0 Å². The minimum Gasteiger partial charge on any atom is -0.478 e. The molecule has 0 aromatic carbocycles. The van der Waals surface area contributed by atoms with Gasteiger partial charge in [-0.2, -0.15) is 0 Å². The van der Waals surface area contributed by atoms with Crippen molar-refractivity contribution < 1.29 is 9.90 Å². The maximum atomic E-state index is 10.9. The lowest BCUT2D eigenvalue weighted by molar-refractivity contribution is 0.0695. The Hall–Kier alpha value is -1.58. The van der Waals surface area contributed by atoms with Crippen LogP contribution < -0.4 is 5.32 Å². The van der Waals surface area contributed by atoms with Crippen LogP contribution in [0.15, 0.2) is 12.1 Å². The molecule has 0 unspecified atom stereocenters. The molecular formula is C14H20N2O2. The fraction of sp³-hybridized carbons (Fsp3) is 0.571. The predicted octanol–water partition coefficient (Wildman–Crippen LogP) is 3.08. The number of nitrogens with zero attached hydrogens (tertiary/aromatic N) is 1. The first kappa shape index (κ1) is 12.9. The van der Waals surface area contributed by atoms with E-state index in [4.69, 9.17) is 5.11 Å². The Balaban J connectivity index is 2.02. The first-order chi connectivity index (χ1) is 8.56. The molecule has 1 aromatic heterocycles. The van der Waals surface area contributed by atoms with E-state index in [0.717, 1.165) is 12.4 Å². The summed E-state index contributed by atoms with van der Waals surface area (Å²) >= 11 is 0. The van der Waals surface area contributed by atoms with E-state index < -0.39 is 5.97 Å². The van der Waals surface area contributed by atoms with Gasteiger partial charge in [-0.3, -0.25) is 0 Å². The molecule has 0 spiro atoms. The number of aryl methyl sites for hydroxylation is 1. The molecule has 1 saturated carbocycles. The van der Waals surface area contributed by atoms with Crippen molar-refractivity contribution in [2.75, 3.05) is 11.9 Å². The summed E-state index contributed by atoms with van der Waals surface area (Å²) in [4.78, 5) is 15.2. The third-order valence-corrected chi connectivity index (χ3v) is 4.12. The second-order valence-corrected chi connectivity index (χ2v) is 5.20. The van der Waals surface area contributed by atoms with E-state index in [0.29, 0.717) is 11.1 Å². The average molecular weight is 248 g/mol. The number of aromatic carboxylic acids is 1. The van der Waals surface area contributed by atoms with E-state index in [9.17, 15) is 4.79 Å². The maximum absolute atomic E-state index is 10.9. The van der Waals surface area contributed by atoms with E-state index in [1.165, 1.54) is 25.7 Å². The van der Waals surface area contributed by atoms with Crippen molar-refractivity contribution in [3.8, 4) is 0 Å². The molecule has 1 fully saturated rings. The summed E-state index contributed by atoms with van der Waals surface area (Å²) < 4.78 is 0. The Kier molecular flexibility index (Phi) is 3.55. The van der Waals surface area contributed by atoms with Gasteiger partial charge in [0.05, 0.1) is 11.3 Å². The number of anilines is 1. The van der Waals surface area contributed by atoms with E-state index in [1.807, 2.05) is 0 Å². The molecule has 0 aliphatic heterocycles. The van der Waals surface area contributed by atoms with Crippen LogP contribution in [-0.2, 0) is 0 Å². The SMILES string of the molecule is CCC1(CNc2ccc(C(=O)O)c(C)n2)CCC1. The number of hydrogen-bond acceptors (Lipinski definition) is 3. The quantitative estimate of drug-likeness (QED) is 0.840. The van der Waals surface area contributed by atoms with E-state index in [2.05, 4.69) is 17.2 Å². The largest absolute Gasteiger partial charge is 0.478 e. The number of carboxylic acids is 1. The van der Waals surface area contributed by atoms with Gasteiger partial charge in [0.2, 0.25) is 0 Å². The lowest BCUT2D eigenvalue weighted by atomic mass is 9.67. The number of nitrogens with one attached hydrogen (secondary N) is 1. The second-order valence-electron chi connectivity index (χ2n) is 5.20. The number of hydrogen-bond donors (Lipinski definition) is 2. The van der Waals surface area contributed by atoms with Crippen LogP contribution in [0.3, 0.4) is 0 Å². The van der Waals surface area contributed by atoms with Crippen molar-refractivity contribution in [2.45, 2.75) is 39.5 Å². The molecule has 2 N–H and O–H groups in total. The molecule has 0 atom stereocenters. The van der Waals surface area contributed by atoms with Gasteiger partial charge in [-0.25, -0.2) is 9.78 Å². The molecule has 0 saturated heterocycles. The third kappa shape index (κ3) is 2.47. The Bertz CT molecular complexity index is 448. The van der Waals surface area contributed by atoms with Crippen molar-refractivity contribution >= 4 is 11.8 Å².